The lowest BCUT2D eigenvalue weighted by Gasteiger charge is -2.01. The Morgan fingerprint density at radius 3 is 3.00 bits per heavy atom. The molecule has 0 saturated carbocycles. The van der Waals surface area contributed by atoms with Gasteiger partial charge in [0, 0.05) is 28.6 Å². The zero-order valence-electron chi connectivity index (χ0n) is 8.24. The van der Waals surface area contributed by atoms with Crippen LogP contribution in [0.2, 0.25) is 0 Å². The number of epoxide rings is 1. The first-order valence-electron chi connectivity index (χ1n) is 4.64. The van der Waals surface area contributed by atoms with Crippen LogP contribution in [-0.4, -0.2) is 17.6 Å². The number of hydrogen-bond acceptors (Lipinski definition) is 4. The van der Waals surface area contributed by atoms with E-state index in [1.807, 2.05) is 0 Å². The second kappa shape index (κ2) is 4.18. The molecule has 0 bridgehead atoms. The van der Waals surface area contributed by atoms with Gasteiger partial charge >= 0.3 is 0 Å². The van der Waals surface area contributed by atoms with Crippen molar-refractivity contribution in [3.8, 4) is 0 Å². The number of ether oxygens (including phenoxy) is 1. The van der Waals surface area contributed by atoms with Crippen LogP contribution >= 0.6 is 0 Å². The van der Waals surface area contributed by atoms with Gasteiger partial charge in [-0.3, -0.25) is 10.1 Å². The fraction of sp³-hybridized carbons (Fsp3) is 0.333. The molecule has 1 heterocycles. The van der Waals surface area contributed by atoms with Gasteiger partial charge in [0.05, 0.1) is 17.6 Å². The number of nitrogens with zero attached hydrogens (tertiary/aromatic N) is 4. The molecule has 16 heavy (non-hydrogen) atoms. The molecule has 7 heteroatoms. The summed E-state index contributed by atoms with van der Waals surface area (Å²) >= 11 is 0. The van der Waals surface area contributed by atoms with Crippen molar-refractivity contribution in [1.29, 1.82) is 0 Å². The lowest BCUT2D eigenvalue weighted by atomic mass is 10.1. The van der Waals surface area contributed by atoms with E-state index in [0.717, 1.165) is 0 Å². The zero-order chi connectivity index (χ0) is 11.5. The largest absolute Gasteiger partial charge is 0.373 e. The molecule has 2 rings (SSSR count). The summed E-state index contributed by atoms with van der Waals surface area (Å²) in [4.78, 5) is 12.9. The predicted molar refractivity (Wildman–Crippen MR) is 55.3 cm³/mol. The van der Waals surface area contributed by atoms with Crippen molar-refractivity contribution in [1.82, 2.24) is 0 Å². The van der Waals surface area contributed by atoms with Crippen molar-refractivity contribution in [3.05, 3.63) is 44.3 Å². The molecule has 1 fully saturated rings. The highest BCUT2D eigenvalue weighted by Gasteiger charge is 2.26. The van der Waals surface area contributed by atoms with Crippen LogP contribution < -0.4 is 0 Å². The van der Waals surface area contributed by atoms with Gasteiger partial charge in [0.1, 0.15) is 0 Å². The van der Waals surface area contributed by atoms with Crippen LogP contribution in [0.15, 0.2) is 23.3 Å². The van der Waals surface area contributed by atoms with E-state index in [9.17, 15) is 10.1 Å². The lowest BCUT2D eigenvalue weighted by molar-refractivity contribution is -0.385. The summed E-state index contributed by atoms with van der Waals surface area (Å²) < 4.78 is 5.02. The number of hydrogen-bond donors (Lipinski definition) is 0. The standard InChI is InChI=1S/C9H8N4O3/c10-12-11-7-2-1-6(3-8-5-16-8)9(4-7)13(14)15/h1-2,4,8H,3,5H2. The number of benzene rings is 1. The Labute approximate surface area is 90.4 Å². The molecule has 1 aromatic carbocycles. The second-order valence-electron chi connectivity index (χ2n) is 3.42. The maximum atomic E-state index is 10.8. The first-order chi connectivity index (χ1) is 7.70. The topological polar surface area (TPSA) is 104 Å². The van der Waals surface area contributed by atoms with Crippen molar-refractivity contribution in [2.75, 3.05) is 6.61 Å². The average molecular weight is 220 g/mol. The van der Waals surface area contributed by atoms with Crippen molar-refractivity contribution < 1.29 is 9.66 Å². The first kappa shape index (κ1) is 10.4. The summed E-state index contributed by atoms with van der Waals surface area (Å²) in [6, 6.07) is 4.44. The van der Waals surface area contributed by atoms with Crippen LogP contribution in [0.4, 0.5) is 11.4 Å². The van der Waals surface area contributed by atoms with Crippen molar-refractivity contribution in [2.45, 2.75) is 12.5 Å². The molecule has 7 nitrogen and oxygen atoms in total. The molecule has 82 valence electrons. The maximum Gasteiger partial charge on any atom is 0.273 e. The minimum absolute atomic E-state index is 0.0274. The van der Waals surface area contributed by atoms with Gasteiger partial charge in [-0.25, -0.2) is 0 Å². The Morgan fingerprint density at radius 1 is 1.69 bits per heavy atom. The lowest BCUT2D eigenvalue weighted by Crippen LogP contribution is -1.99. The summed E-state index contributed by atoms with van der Waals surface area (Å²) in [5.74, 6) is 0. The highest BCUT2D eigenvalue weighted by molar-refractivity contribution is 5.52. The Balaban J connectivity index is 2.35. The first-order valence-corrected chi connectivity index (χ1v) is 4.64. The highest BCUT2D eigenvalue weighted by atomic mass is 16.6. The average Bonchev–Trinajstić information content (AvgIpc) is 3.04. The van der Waals surface area contributed by atoms with Crippen molar-refractivity contribution >= 4 is 11.4 Å². The minimum atomic E-state index is -0.478. The Hall–Kier alpha value is -2.11. The molecule has 0 aliphatic carbocycles. The molecule has 0 aromatic heterocycles. The monoisotopic (exact) mass is 220 g/mol. The van der Waals surface area contributed by atoms with Crippen LogP contribution in [-0.2, 0) is 11.2 Å². The van der Waals surface area contributed by atoms with Crippen molar-refractivity contribution in [2.24, 2.45) is 5.11 Å². The highest BCUT2D eigenvalue weighted by Crippen LogP contribution is 2.28. The normalized spacial score (nSPS) is 17.6. The second-order valence-corrected chi connectivity index (χ2v) is 3.42. The van der Waals surface area contributed by atoms with Gasteiger partial charge in [-0.05, 0) is 5.53 Å². The van der Waals surface area contributed by atoms with Gasteiger partial charge in [-0.1, -0.05) is 17.2 Å². The van der Waals surface area contributed by atoms with Crippen LogP contribution in [0.25, 0.3) is 10.4 Å². The minimum Gasteiger partial charge on any atom is -0.373 e. The molecule has 1 unspecified atom stereocenters. The number of rotatable bonds is 4. The van der Waals surface area contributed by atoms with Gasteiger partial charge in [0.15, 0.2) is 0 Å². The summed E-state index contributed by atoms with van der Waals surface area (Å²) in [5, 5.41) is 14.1. The maximum absolute atomic E-state index is 10.8. The van der Waals surface area contributed by atoms with Crippen molar-refractivity contribution in [3.63, 3.8) is 0 Å². The number of azide groups is 1. The number of nitro benzene ring substituents is 1. The van der Waals surface area contributed by atoms with E-state index in [0.29, 0.717) is 18.6 Å². The third-order valence-electron chi connectivity index (χ3n) is 2.28. The molecule has 0 spiro atoms. The molecular weight excluding hydrogens is 212 g/mol. The molecule has 0 radical (unpaired) electrons. The molecule has 1 saturated heterocycles. The Bertz CT molecular complexity index is 478. The third-order valence-corrected chi connectivity index (χ3v) is 2.28. The van der Waals surface area contributed by atoms with Crippen LogP contribution in [0.1, 0.15) is 5.56 Å². The molecular formula is C9H8N4O3. The summed E-state index contributed by atoms with van der Waals surface area (Å²) in [5.41, 5.74) is 9.06. The molecule has 0 amide bonds. The van der Waals surface area contributed by atoms with E-state index in [-0.39, 0.29) is 17.5 Å². The Morgan fingerprint density at radius 2 is 2.44 bits per heavy atom. The van der Waals surface area contributed by atoms with Crippen LogP contribution in [0.5, 0.6) is 0 Å². The molecule has 1 aliphatic rings. The Kier molecular flexibility index (Phi) is 2.72. The van der Waals surface area contributed by atoms with Gasteiger partial charge in [0.25, 0.3) is 5.69 Å². The quantitative estimate of drug-likeness (QED) is 0.194. The molecule has 0 N–H and O–H groups in total. The summed E-state index contributed by atoms with van der Waals surface area (Å²) in [6.07, 6.45) is 0.608. The van der Waals surface area contributed by atoms with E-state index in [4.69, 9.17) is 10.3 Å². The number of nitro groups is 1. The fourth-order valence-corrected chi connectivity index (χ4v) is 1.44. The van der Waals surface area contributed by atoms with E-state index in [1.165, 1.54) is 6.07 Å². The SMILES string of the molecule is [N-]=[N+]=Nc1ccc(CC2CO2)c([N+](=O)[O-])c1. The molecule has 1 atom stereocenters. The summed E-state index contributed by atoms with van der Waals surface area (Å²) in [7, 11) is 0. The van der Waals surface area contributed by atoms with E-state index >= 15 is 0 Å². The van der Waals surface area contributed by atoms with Crippen LogP contribution in [0.3, 0.4) is 0 Å². The van der Waals surface area contributed by atoms with Gasteiger partial charge in [-0.15, -0.1) is 0 Å². The molecule has 1 aromatic rings. The summed E-state index contributed by atoms with van der Waals surface area (Å²) in [6.45, 7) is 0.648. The van der Waals surface area contributed by atoms with Gasteiger partial charge in [-0.2, -0.15) is 0 Å². The fourth-order valence-electron chi connectivity index (χ4n) is 1.44. The smallest absolute Gasteiger partial charge is 0.273 e. The van der Waals surface area contributed by atoms with Gasteiger partial charge < -0.3 is 4.74 Å². The zero-order valence-corrected chi connectivity index (χ0v) is 8.24. The van der Waals surface area contributed by atoms with Gasteiger partial charge in [0.2, 0.25) is 0 Å². The third kappa shape index (κ3) is 2.28. The van der Waals surface area contributed by atoms with Crippen LogP contribution in [0, 0.1) is 10.1 Å². The van der Waals surface area contributed by atoms with E-state index < -0.39 is 4.92 Å². The molecule has 1 aliphatic heterocycles. The predicted octanol–water partition coefficient (Wildman–Crippen LogP) is 2.48. The van der Waals surface area contributed by atoms with E-state index in [2.05, 4.69) is 10.0 Å². The van der Waals surface area contributed by atoms with E-state index in [1.54, 1.807) is 12.1 Å².